The SMILES string of the molecule is COc1cc(N2CC3CN(CC4CCN(c5ccc6c(c5)C(=O)N(C5CCC(=O)NC5=O)C6=O)CC4)CC3C2)c(-c2cnn(C)c2)cc1Nc1ncc(Br)c(Nc2ccc3nccnc3c2P(C)(C)=O)n1. The largest absolute Gasteiger partial charge is 0.494 e. The minimum Gasteiger partial charge on any atom is -0.494 e. The number of halogens is 1. The van der Waals surface area contributed by atoms with E-state index in [1.165, 1.54) is 0 Å². The van der Waals surface area contributed by atoms with Gasteiger partial charge in [-0.05, 0) is 103 Å². The summed E-state index contributed by atoms with van der Waals surface area (Å²) in [5.74, 6) is 1.04. The number of methoxy groups -OCH3 is 1. The number of likely N-dealkylation sites (tertiary alicyclic amines) is 1. The van der Waals surface area contributed by atoms with Crippen molar-refractivity contribution in [1.82, 2.24) is 44.8 Å². The zero-order valence-corrected chi connectivity index (χ0v) is 42.2. The van der Waals surface area contributed by atoms with Gasteiger partial charge in [0.1, 0.15) is 30.3 Å². The Morgan fingerprint density at radius 3 is 2.31 bits per heavy atom. The molecule has 0 spiro atoms. The van der Waals surface area contributed by atoms with Crippen molar-refractivity contribution in [2.24, 2.45) is 24.8 Å². The van der Waals surface area contributed by atoms with Crippen molar-refractivity contribution in [3.8, 4) is 16.9 Å². The number of benzene rings is 3. The van der Waals surface area contributed by atoms with Crippen molar-refractivity contribution in [2.75, 3.05) is 86.7 Å². The van der Waals surface area contributed by atoms with Crippen molar-refractivity contribution >= 4 is 97.6 Å². The number of carbonyl (C=O) groups excluding carboxylic acids is 4. The van der Waals surface area contributed by atoms with Crippen LogP contribution >= 0.6 is 23.1 Å². The minimum absolute atomic E-state index is 0.0870. The molecule has 3 atom stereocenters. The number of hydrogen-bond acceptors (Lipinski definition) is 16. The quantitative estimate of drug-likeness (QED) is 0.0946. The van der Waals surface area contributed by atoms with Crippen LogP contribution in [0.15, 0.2) is 77.9 Å². The van der Waals surface area contributed by atoms with Crippen molar-refractivity contribution in [3.63, 3.8) is 0 Å². The van der Waals surface area contributed by atoms with Crippen molar-refractivity contribution < 1.29 is 28.5 Å². The van der Waals surface area contributed by atoms with Crippen LogP contribution in [0.2, 0.25) is 0 Å². The lowest BCUT2D eigenvalue weighted by Gasteiger charge is -2.35. The van der Waals surface area contributed by atoms with Gasteiger partial charge in [0.2, 0.25) is 17.8 Å². The number of nitrogens with one attached hydrogen (secondary N) is 3. The van der Waals surface area contributed by atoms with Gasteiger partial charge in [0, 0.05) is 113 Å². The third-order valence-electron chi connectivity index (χ3n) is 14.6. The second-order valence-electron chi connectivity index (χ2n) is 19.6. The van der Waals surface area contributed by atoms with E-state index in [0.717, 1.165) is 86.1 Å². The van der Waals surface area contributed by atoms with E-state index in [1.54, 1.807) is 55.8 Å². The Labute approximate surface area is 418 Å². The number of fused-ring (bicyclic) bond motifs is 3. The standard InChI is InChI=1S/C50H53BrN13O6P/c1-60-23-29(20-55-60)34-18-39(57-50-54-21-36(51)46(59-50)56-38-8-7-37-44(53-14-13-52-37)45(38)71(3,4)69)42(70-2)19-41(34)63-26-30-24-61(25-31(30)27-63)22-28-11-15-62(16-12-28)32-5-6-33-35(17-32)49(68)64(48(33)67)40-9-10-43(65)58-47(40)66/h5-8,13-14,17-21,23,28,30-31,40H,9-12,15-16,22,24-27H2,1-4H3,(H,58,65,66)(H2,54,56,57,59). The molecule has 3 unspecified atom stereocenters. The van der Waals surface area contributed by atoms with E-state index >= 15 is 0 Å². The highest BCUT2D eigenvalue weighted by Crippen LogP contribution is 2.45. The Kier molecular flexibility index (Phi) is 12.1. The summed E-state index contributed by atoms with van der Waals surface area (Å²) < 4.78 is 22.1. The van der Waals surface area contributed by atoms with E-state index in [0.29, 0.717) is 78.6 Å². The third kappa shape index (κ3) is 8.90. The zero-order chi connectivity index (χ0) is 49.3. The number of nitrogens with zero attached hydrogens (tertiary/aromatic N) is 10. The van der Waals surface area contributed by atoms with E-state index in [1.807, 2.05) is 37.6 Å². The molecule has 8 heterocycles. The number of hydrogen-bond donors (Lipinski definition) is 3. The Balaban J connectivity index is 0.747. The van der Waals surface area contributed by atoms with Crippen LogP contribution in [-0.4, -0.2) is 135 Å². The van der Waals surface area contributed by atoms with Gasteiger partial charge in [-0.2, -0.15) is 10.1 Å². The third-order valence-corrected chi connectivity index (χ3v) is 16.7. The lowest BCUT2D eigenvalue weighted by molar-refractivity contribution is -0.136. The molecular weight excluding hydrogens is 990 g/mol. The van der Waals surface area contributed by atoms with Gasteiger partial charge >= 0.3 is 0 Å². The number of piperidine rings is 2. The van der Waals surface area contributed by atoms with Crippen LogP contribution in [0, 0.1) is 17.8 Å². The first-order valence-electron chi connectivity index (χ1n) is 23.8. The highest BCUT2D eigenvalue weighted by atomic mass is 79.9. The lowest BCUT2D eigenvalue weighted by atomic mass is 9.95. The molecule has 3 aromatic carbocycles. The smallest absolute Gasteiger partial charge is 0.262 e. The monoisotopic (exact) mass is 1040 g/mol. The van der Waals surface area contributed by atoms with E-state index in [-0.39, 0.29) is 12.8 Å². The Morgan fingerprint density at radius 1 is 0.831 bits per heavy atom. The van der Waals surface area contributed by atoms with Gasteiger partial charge in [-0.15, -0.1) is 0 Å². The Morgan fingerprint density at radius 2 is 1.59 bits per heavy atom. The average Bonchev–Trinajstić information content (AvgIpc) is 4.12. The number of aromatic nitrogens is 6. The lowest BCUT2D eigenvalue weighted by Crippen LogP contribution is -2.54. The van der Waals surface area contributed by atoms with Gasteiger partial charge in [-0.25, -0.2) is 4.98 Å². The number of imide groups is 2. The van der Waals surface area contributed by atoms with E-state index in [2.05, 4.69) is 78.8 Å². The van der Waals surface area contributed by atoms with Crippen LogP contribution in [-0.2, 0) is 21.2 Å². The van der Waals surface area contributed by atoms with Crippen molar-refractivity contribution in [3.05, 3.63) is 89.0 Å². The summed E-state index contributed by atoms with van der Waals surface area (Å²) in [5, 5.41) is 14.2. The summed E-state index contributed by atoms with van der Waals surface area (Å²) in [7, 11) is 0.761. The molecule has 0 saturated carbocycles. The molecule has 5 aliphatic heterocycles. The number of rotatable bonds is 12. The van der Waals surface area contributed by atoms with Crippen LogP contribution in [0.3, 0.4) is 0 Å². The van der Waals surface area contributed by atoms with Gasteiger partial charge in [-0.3, -0.25) is 44.0 Å². The van der Waals surface area contributed by atoms with Crippen LogP contribution in [0.1, 0.15) is 46.4 Å². The van der Waals surface area contributed by atoms with Crippen molar-refractivity contribution in [1.29, 1.82) is 0 Å². The summed E-state index contributed by atoms with van der Waals surface area (Å²) in [5.41, 5.74) is 7.10. The molecule has 366 valence electrons. The summed E-state index contributed by atoms with van der Waals surface area (Å²) >= 11 is 3.61. The van der Waals surface area contributed by atoms with Crippen molar-refractivity contribution in [2.45, 2.75) is 31.7 Å². The molecular formula is C50H53BrN13O6P. The van der Waals surface area contributed by atoms with Crippen LogP contribution in [0.5, 0.6) is 5.75 Å². The van der Waals surface area contributed by atoms with Crippen LogP contribution < -0.4 is 35.8 Å². The molecule has 19 nitrogen and oxygen atoms in total. The van der Waals surface area contributed by atoms with E-state index in [4.69, 9.17) is 9.72 Å². The second-order valence-corrected chi connectivity index (χ2v) is 23.6. The summed E-state index contributed by atoms with van der Waals surface area (Å²) in [6.07, 6.45) is 11.0. The van der Waals surface area contributed by atoms with Crippen LogP contribution in [0.4, 0.5) is 34.5 Å². The zero-order valence-electron chi connectivity index (χ0n) is 39.8. The first kappa shape index (κ1) is 46.6. The fourth-order valence-electron chi connectivity index (χ4n) is 11.2. The number of anilines is 6. The fraction of sp³-hybridized carbons (Fsp3) is 0.380. The summed E-state index contributed by atoms with van der Waals surface area (Å²) in [6.45, 7) is 10.1. The Bertz CT molecular complexity index is 3200. The molecule has 21 heteroatoms. The maximum Gasteiger partial charge on any atom is 0.262 e. The molecule has 3 aromatic heterocycles. The molecule has 4 saturated heterocycles. The number of carbonyl (C=O) groups is 4. The van der Waals surface area contributed by atoms with Gasteiger partial charge in [-0.1, -0.05) is 0 Å². The predicted octanol–water partition coefficient (Wildman–Crippen LogP) is 6.01. The van der Waals surface area contributed by atoms with E-state index < -0.39 is 36.8 Å². The molecule has 11 rings (SSSR count). The molecule has 71 heavy (non-hydrogen) atoms. The molecule has 0 bridgehead atoms. The molecule has 3 N–H and O–H groups in total. The fourth-order valence-corrected chi connectivity index (χ4v) is 12.8. The van der Waals surface area contributed by atoms with Gasteiger partial charge in [0.15, 0.2) is 0 Å². The number of amides is 4. The number of aryl methyl sites for hydroxylation is 1. The second kappa shape index (κ2) is 18.4. The normalized spacial score (nSPS) is 20.7. The molecule has 0 radical (unpaired) electrons. The highest BCUT2D eigenvalue weighted by Gasteiger charge is 2.45. The van der Waals surface area contributed by atoms with E-state index in [9.17, 15) is 23.7 Å². The van der Waals surface area contributed by atoms with Gasteiger partial charge in [0.25, 0.3) is 11.8 Å². The maximum absolute atomic E-state index is 13.6. The average molecular weight is 1040 g/mol. The topological polar surface area (TPSA) is 213 Å². The van der Waals surface area contributed by atoms with Gasteiger partial charge < -0.3 is 34.6 Å². The molecule has 5 aliphatic rings. The Hall–Kier alpha value is -6.76. The first-order valence-corrected chi connectivity index (χ1v) is 27.2. The molecule has 4 amide bonds. The maximum atomic E-state index is 13.6. The summed E-state index contributed by atoms with van der Waals surface area (Å²) in [4.78, 5) is 77.9. The molecule has 6 aromatic rings. The van der Waals surface area contributed by atoms with Gasteiger partial charge in [0.05, 0.1) is 51.1 Å². The molecule has 0 aliphatic carbocycles. The minimum atomic E-state index is -2.82. The predicted molar refractivity (Wildman–Crippen MR) is 274 cm³/mol. The molecule has 4 fully saturated rings. The summed E-state index contributed by atoms with van der Waals surface area (Å²) in [6, 6.07) is 12.3. The van der Waals surface area contributed by atoms with Crippen LogP contribution in [0.25, 0.3) is 22.2 Å². The first-order chi connectivity index (χ1) is 34.2. The highest BCUT2D eigenvalue weighted by molar-refractivity contribution is 9.10. The number of ether oxygens (including phenoxy) is 1.